The molecule has 3 heterocycles. The summed E-state index contributed by atoms with van der Waals surface area (Å²) in [5, 5.41) is 18.1. The van der Waals surface area contributed by atoms with E-state index in [1.165, 1.54) is 24.1 Å². The van der Waals surface area contributed by atoms with Crippen LogP contribution in [0.15, 0.2) is 61.3 Å². The number of aliphatic hydroxyl groups is 1. The van der Waals surface area contributed by atoms with Crippen LogP contribution in [0.25, 0.3) is 0 Å². The van der Waals surface area contributed by atoms with Crippen LogP contribution in [0.2, 0.25) is 0 Å². The fraction of sp³-hybridized carbons (Fsp3) is 0.387. The Morgan fingerprint density at radius 2 is 1.93 bits per heavy atom. The van der Waals surface area contributed by atoms with E-state index in [1.807, 2.05) is 23.2 Å². The van der Waals surface area contributed by atoms with E-state index in [4.69, 9.17) is 4.98 Å². The lowest BCUT2D eigenvalue weighted by Crippen LogP contribution is -2.47. The summed E-state index contributed by atoms with van der Waals surface area (Å²) in [5.41, 5.74) is 5.21. The second-order valence-corrected chi connectivity index (χ2v) is 11.2. The van der Waals surface area contributed by atoms with Gasteiger partial charge in [-0.3, -0.25) is 14.7 Å². The van der Waals surface area contributed by atoms with Crippen molar-refractivity contribution < 1.29 is 9.90 Å². The predicted molar refractivity (Wildman–Crippen MR) is 162 cm³/mol. The van der Waals surface area contributed by atoms with Gasteiger partial charge in [-0.15, -0.1) is 6.58 Å². The molecule has 10 nitrogen and oxygen atoms in total. The summed E-state index contributed by atoms with van der Waals surface area (Å²) < 4.78 is 0. The summed E-state index contributed by atoms with van der Waals surface area (Å²) in [4.78, 5) is 28.7. The summed E-state index contributed by atoms with van der Waals surface area (Å²) in [6, 6.07) is 14.5. The number of piperazine rings is 1. The Morgan fingerprint density at radius 1 is 1.15 bits per heavy atom. The van der Waals surface area contributed by atoms with Crippen molar-refractivity contribution >= 4 is 34.7 Å². The molecule has 6 rings (SSSR count). The number of nitrogens with zero attached hydrogens (tertiary/aromatic N) is 7. The molecule has 1 saturated carbocycles. The maximum absolute atomic E-state index is 12.7. The molecule has 0 bridgehead atoms. The van der Waals surface area contributed by atoms with Crippen molar-refractivity contribution in [2.45, 2.75) is 32.0 Å². The molecule has 10 heteroatoms. The second kappa shape index (κ2) is 11.1. The van der Waals surface area contributed by atoms with E-state index in [0.29, 0.717) is 35.1 Å². The third kappa shape index (κ3) is 5.38. The van der Waals surface area contributed by atoms with Gasteiger partial charge in [0.15, 0.2) is 12.0 Å². The third-order valence-electron chi connectivity index (χ3n) is 8.05. The van der Waals surface area contributed by atoms with Gasteiger partial charge in [-0.1, -0.05) is 12.1 Å². The number of hydrogen-bond acceptors (Lipinski definition) is 9. The van der Waals surface area contributed by atoms with E-state index in [0.717, 1.165) is 37.9 Å². The predicted octanol–water partition coefficient (Wildman–Crippen LogP) is 4.06. The van der Waals surface area contributed by atoms with Crippen LogP contribution >= 0.6 is 0 Å². The molecule has 3 aliphatic rings. The van der Waals surface area contributed by atoms with Gasteiger partial charge >= 0.3 is 0 Å². The number of aliphatic hydroxyl groups excluding tert-OH is 1. The maximum atomic E-state index is 12.7. The zero-order valence-electron chi connectivity index (χ0n) is 24.0. The molecule has 2 aliphatic heterocycles. The summed E-state index contributed by atoms with van der Waals surface area (Å²) in [7, 11) is 3.45. The first kappa shape index (κ1) is 27.2. The van der Waals surface area contributed by atoms with Gasteiger partial charge in [0, 0.05) is 76.0 Å². The van der Waals surface area contributed by atoms with Crippen LogP contribution in [0.3, 0.4) is 0 Å². The number of rotatable bonds is 8. The minimum Gasteiger partial charge on any atom is -0.372 e. The first-order valence-electron chi connectivity index (χ1n) is 14.2. The van der Waals surface area contributed by atoms with Crippen LogP contribution < -0.4 is 15.2 Å². The highest BCUT2D eigenvalue weighted by Crippen LogP contribution is 2.42. The topological polar surface area (TPSA) is 91.3 Å². The van der Waals surface area contributed by atoms with Gasteiger partial charge in [-0.25, -0.2) is 4.98 Å². The second-order valence-electron chi connectivity index (χ2n) is 11.2. The van der Waals surface area contributed by atoms with E-state index in [-0.39, 0.29) is 5.91 Å². The largest absolute Gasteiger partial charge is 0.372 e. The Balaban J connectivity index is 1.25. The number of anilines is 5. The van der Waals surface area contributed by atoms with Crippen molar-refractivity contribution in [3.05, 3.63) is 78.0 Å². The number of aryl methyl sites for hydroxylation is 1. The van der Waals surface area contributed by atoms with E-state index in [1.54, 1.807) is 42.3 Å². The highest BCUT2D eigenvalue weighted by molar-refractivity contribution is 5.95. The van der Waals surface area contributed by atoms with Crippen molar-refractivity contribution in [2.24, 2.45) is 0 Å². The molecule has 1 unspecified atom stereocenters. The van der Waals surface area contributed by atoms with Crippen LogP contribution in [0.5, 0.6) is 0 Å². The van der Waals surface area contributed by atoms with Crippen molar-refractivity contribution in [1.29, 1.82) is 0 Å². The molecule has 2 N–H and O–H groups in total. The molecular weight excluding hydrogens is 516 g/mol. The SMILES string of the molecule is C=CCN1C(O)c2cnc(Nc3ccc(N4CCN(C5CC5)CC4)c(C)c3)nc2N1c1cccc(C(=O)N(C)C)c1. The van der Waals surface area contributed by atoms with Gasteiger partial charge in [-0.2, -0.15) is 9.99 Å². The fourth-order valence-electron chi connectivity index (χ4n) is 5.78. The molecule has 1 saturated heterocycles. The molecule has 1 atom stereocenters. The van der Waals surface area contributed by atoms with Crippen molar-refractivity contribution in [3.63, 3.8) is 0 Å². The fourth-order valence-corrected chi connectivity index (χ4v) is 5.78. The standard InChI is InChI=1S/C31H38N8O2/c1-5-13-38-30(41)26-20-32-31(34-28(26)39(38)25-8-6-7-22(19-25)29(40)35(3)4)33-23-9-12-27(21(2)18-23)37-16-14-36(15-17-37)24-10-11-24/h5-9,12,18-20,24,30,41H,1,10-11,13-17H2,2-4H3,(H,32,33,34). The van der Waals surface area contributed by atoms with Gasteiger partial charge in [-0.05, 0) is 61.7 Å². The lowest BCUT2D eigenvalue weighted by Gasteiger charge is -2.37. The number of carbonyl (C=O) groups is 1. The number of nitrogens with one attached hydrogen (secondary N) is 1. The Morgan fingerprint density at radius 3 is 2.61 bits per heavy atom. The summed E-state index contributed by atoms with van der Waals surface area (Å²) in [6.07, 6.45) is 5.14. The Bertz CT molecular complexity index is 1450. The molecule has 214 valence electrons. The highest BCUT2D eigenvalue weighted by Gasteiger charge is 2.38. The van der Waals surface area contributed by atoms with Gasteiger partial charge < -0.3 is 20.2 Å². The molecule has 1 aromatic heterocycles. The summed E-state index contributed by atoms with van der Waals surface area (Å²) in [5.74, 6) is 0.871. The molecule has 3 aromatic rings. The average Bonchev–Trinajstić information content (AvgIpc) is 3.79. The van der Waals surface area contributed by atoms with Crippen molar-refractivity contribution in [3.8, 4) is 0 Å². The molecule has 1 amide bonds. The zero-order valence-corrected chi connectivity index (χ0v) is 24.0. The molecular formula is C31H38N8O2. The first-order chi connectivity index (χ1) is 19.8. The number of amides is 1. The third-order valence-corrected chi connectivity index (χ3v) is 8.05. The van der Waals surface area contributed by atoms with E-state index < -0.39 is 6.23 Å². The van der Waals surface area contributed by atoms with Crippen LogP contribution in [-0.2, 0) is 0 Å². The normalized spacial score (nSPS) is 19.3. The quantitative estimate of drug-likeness (QED) is 0.400. The van der Waals surface area contributed by atoms with Gasteiger partial charge in [0.1, 0.15) is 0 Å². The monoisotopic (exact) mass is 554 g/mol. The van der Waals surface area contributed by atoms with Crippen molar-refractivity contribution in [1.82, 2.24) is 24.8 Å². The number of benzene rings is 2. The smallest absolute Gasteiger partial charge is 0.253 e. The lowest BCUT2D eigenvalue weighted by atomic mass is 10.1. The Hall–Kier alpha value is -3.99. The molecule has 0 spiro atoms. The number of aromatic nitrogens is 2. The Kier molecular flexibility index (Phi) is 7.37. The summed E-state index contributed by atoms with van der Waals surface area (Å²) >= 11 is 0. The maximum Gasteiger partial charge on any atom is 0.253 e. The average molecular weight is 555 g/mol. The first-order valence-corrected chi connectivity index (χ1v) is 14.2. The van der Waals surface area contributed by atoms with Crippen LogP contribution in [-0.4, -0.2) is 88.7 Å². The van der Waals surface area contributed by atoms with E-state index in [2.05, 4.69) is 51.8 Å². The van der Waals surface area contributed by atoms with Crippen LogP contribution in [0.1, 0.15) is 40.6 Å². The number of fused-ring (bicyclic) bond motifs is 1. The van der Waals surface area contributed by atoms with Gasteiger partial charge in [0.2, 0.25) is 5.95 Å². The van der Waals surface area contributed by atoms with E-state index >= 15 is 0 Å². The highest BCUT2D eigenvalue weighted by atomic mass is 16.3. The number of hydrazine groups is 1. The molecule has 2 aromatic carbocycles. The molecule has 41 heavy (non-hydrogen) atoms. The van der Waals surface area contributed by atoms with Crippen LogP contribution in [0, 0.1) is 6.92 Å². The number of carbonyl (C=O) groups excluding carboxylic acids is 1. The van der Waals surface area contributed by atoms with Crippen molar-refractivity contribution in [2.75, 3.05) is 62.0 Å². The number of hydrogen-bond donors (Lipinski definition) is 2. The van der Waals surface area contributed by atoms with Gasteiger partial charge in [0.05, 0.1) is 11.3 Å². The van der Waals surface area contributed by atoms with Crippen LogP contribution in [0.4, 0.5) is 28.8 Å². The lowest BCUT2D eigenvalue weighted by molar-refractivity contribution is 0.0251. The minimum absolute atomic E-state index is 0.101. The molecule has 0 radical (unpaired) electrons. The zero-order chi connectivity index (χ0) is 28.7. The molecule has 2 fully saturated rings. The van der Waals surface area contributed by atoms with Gasteiger partial charge in [0.25, 0.3) is 5.91 Å². The Labute approximate surface area is 241 Å². The summed E-state index contributed by atoms with van der Waals surface area (Å²) in [6.45, 7) is 10.7. The molecule has 1 aliphatic carbocycles. The van der Waals surface area contributed by atoms with E-state index in [9.17, 15) is 9.90 Å². The minimum atomic E-state index is -0.952.